The fraction of sp³-hybridized carbons (Fsp3) is 0.889. The van der Waals surface area contributed by atoms with Crippen molar-refractivity contribution in [3.05, 3.63) is 0 Å². The topological polar surface area (TPSA) is 49.3 Å². The zero-order chi connectivity index (χ0) is 9.90. The molecule has 13 heavy (non-hydrogen) atoms. The molecular formula is C9H17NO2S. The number of thioether (sulfide) groups is 1. The van der Waals surface area contributed by atoms with E-state index >= 15 is 0 Å². The Hall–Kier alpha value is -0.220. The van der Waals surface area contributed by atoms with Crippen LogP contribution < -0.4 is 5.32 Å². The Kier molecular flexibility index (Phi) is 3.62. The molecule has 0 amide bonds. The third-order valence-corrected chi connectivity index (χ3v) is 4.15. The van der Waals surface area contributed by atoms with E-state index in [9.17, 15) is 4.79 Å². The quantitative estimate of drug-likeness (QED) is 0.730. The third kappa shape index (κ3) is 2.38. The van der Waals surface area contributed by atoms with Crippen LogP contribution in [0.1, 0.15) is 33.1 Å². The molecule has 0 bridgehead atoms. The van der Waals surface area contributed by atoms with Gasteiger partial charge in [0.1, 0.15) is 6.04 Å². The zero-order valence-electron chi connectivity index (χ0n) is 8.17. The van der Waals surface area contributed by atoms with Gasteiger partial charge in [-0.15, -0.1) is 11.8 Å². The molecule has 1 fully saturated rings. The minimum Gasteiger partial charge on any atom is -0.480 e. The molecule has 76 valence electrons. The smallest absolute Gasteiger partial charge is 0.321 e. The summed E-state index contributed by atoms with van der Waals surface area (Å²) in [5.41, 5.74) is 0. The molecule has 0 aliphatic carbocycles. The number of aliphatic carboxylic acids is 1. The van der Waals surface area contributed by atoms with Gasteiger partial charge in [-0.3, -0.25) is 10.1 Å². The van der Waals surface area contributed by atoms with E-state index in [4.69, 9.17) is 5.11 Å². The van der Waals surface area contributed by atoms with Gasteiger partial charge in [-0.2, -0.15) is 0 Å². The van der Waals surface area contributed by atoms with Gasteiger partial charge in [0.25, 0.3) is 0 Å². The summed E-state index contributed by atoms with van der Waals surface area (Å²) in [5.74, 6) is -0.0256. The molecule has 0 saturated carbocycles. The number of hydrogen-bond acceptors (Lipinski definition) is 3. The molecule has 2 unspecified atom stereocenters. The van der Waals surface area contributed by atoms with Crippen molar-refractivity contribution in [1.82, 2.24) is 5.32 Å². The number of carboxylic acid groups (broad SMARTS) is 1. The molecule has 0 aromatic carbocycles. The minimum absolute atomic E-state index is 0.0256. The Morgan fingerprint density at radius 1 is 1.69 bits per heavy atom. The van der Waals surface area contributed by atoms with E-state index in [1.54, 1.807) is 11.8 Å². The van der Waals surface area contributed by atoms with Crippen molar-refractivity contribution >= 4 is 17.7 Å². The van der Waals surface area contributed by atoms with Crippen LogP contribution in [0.2, 0.25) is 0 Å². The van der Waals surface area contributed by atoms with Crippen LogP contribution in [0.5, 0.6) is 0 Å². The first-order valence-electron chi connectivity index (χ1n) is 4.78. The second-order valence-electron chi connectivity index (χ2n) is 3.44. The van der Waals surface area contributed by atoms with E-state index < -0.39 is 5.97 Å². The molecule has 4 heteroatoms. The summed E-state index contributed by atoms with van der Waals surface area (Å²) in [6.45, 7) is 4.24. The van der Waals surface area contributed by atoms with Crippen LogP contribution in [-0.2, 0) is 4.79 Å². The van der Waals surface area contributed by atoms with E-state index in [-0.39, 0.29) is 10.9 Å². The van der Waals surface area contributed by atoms with Gasteiger partial charge in [0.15, 0.2) is 0 Å². The molecule has 2 N–H and O–H groups in total. The monoisotopic (exact) mass is 203 g/mol. The molecular weight excluding hydrogens is 186 g/mol. The van der Waals surface area contributed by atoms with E-state index in [0.717, 1.165) is 19.3 Å². The average Bonchev–Trinajstić information content (AvgIpc) is 2.51. The molecule has 1 aliphatic rings. The van der Waals surface area contributed by atoms with Crippen molar-refractivity contribution in [2.24, 2.45) is 0 Å². The average molecular weight is 203 g/mol. The second-order valence-corrected chi connectivity index (χ2v) is 4.85. The predicted octanol–water partition coefficient (Wildman–Crippen LogP) is 1.68. The molecule has 0 aromatic heterocycles. The number of rotatable bonds is 4. The van der Waals surface area contributed by atoms with E-state index in [1.165, 1.54) is 0 Å². The van der Waals surface area contributed by atoms with Crippen molar-refractivity contribution in [3.63, 3.8) is 0 Å². The standard InChI is InChI=1S/C9H17NO2S/c1-3-5-9(4-2)10-7(6-13-9)8(11)12/h7,10H,3-6H2,1-2H3,(H,11,12). The minimum atomic E-state index is -0.723. The fourth-order valence-corrected chi connectivity index (χ4v) is 3.20. The summed E-state index contributed by atoms with van der Waals surface area (Å²) >= 11 is 1.76. The van der Waals surface area contributed by atoms with Gasteiger partial charge in [0.05, 0.1) is 4.87 Å². The number of carbonyl (C=O) groups is 1. The van der Waals surface area contributed by atoms with Crippen molar-refractivity contribution < 1.29 is 9.90 Å². The Balaban J connectivity index is 2.57. The normalized spacial score (nSPS) is 33.5. The molecule has 1 saturated heterocycles. The zero-order valence-corrected chi connectivity index (χ0v) is 8.99. The van der Waals surface area contributed by atoms with E-state index in [1.807, 2.05) is 0 Å². The molecule has 0 spiro atoms. The van der Waals surface area contributed by atoms with E-state index in [0.29, 0.717) is 5.75 Å². The summed E-state index contributed by atoms with van der Waals surface area (Å²) in [6, 6.07) is -0.350. The lowest BCUT2D eigenvalue weighted by atomic mass is 10.1. The van der Waals surface area contributed by atoms with Gasteiger partial charge in [-0.1, -0.05) is 20.3 Å². The summed E-state index contributed by atoms with van der Waals surface area (Å²) < 4.78 is 0. The van der Waals surface area contributed by atoms with Gasteiger partial charge in [-0.05, 0) is 12.8 Å². The highest BCUT2D eigenvalue weighted by molar-refractivity contribution is 8.00. The third-order valence-electron chi connectivity index (χ3n) is 2.49. The number of carboxylic acids is 1. The molecule has 1 rings (SSSR count). The lowest BCUT2D eigenvalue weighted by molar-refractivity contribution is -0.138. The van der Waals surface area contributed by atoms with Crippen LogP contribution in [0.15, 0.2) is 0 Å². The largest absolute Gasteiger partial charge is 0.480 e. The Bertz CT molecular complexity index is 198. The van der Waals surface area contributed by atoms with Crippen LogP contribution >= 0.6 is 11.8 Å². The molecule has 3 nitrogen and oxygen atoms in total. The van der Waals surface area contributed by atoms with E-state index in [2.05, 4.69) is 19.2 Å². The van der Waals surface area contributed by atoms with Crippen LogP contribution in [-0.4, -0.2) is 27.7 Å². The maximum Gasteiger partial charge on any atom is 0.321 e. The van der Waals surface area contributed by atoms with Gasteiger partial charge in [0.2, 0.25) is 0 Å². The first kappa shape index (κ1) is 10.9. The van der Waals surface area contributed by atoms with Crippen LogP contribution in [0.3, 0.4) is 0 Å². The lowest BCUT2D eigenvalue weighted by Crippen LogP contribution is -2.44. The first-order chi connectivity index (χ1) is 6.13. The van der Waals surface area contributed by atoms with Gasteiger partial charge in [0, 0.05) is 5.75 Å². The summed E-state index contributed by atoms with van der Waals surface area (Å²) in [5, 5.41) is 12.1. The van der Waals surface area contributed by atoms with Crippen molar-refractivity contribution in [2.45, 2.75) is 44.0 Å². The van der Waals surface area contributed by atoms with Gasteiger partial charge in [-0.25, -0.2) is 0 Å². The summed E-state index contributed by atoms with van der Waals surface area (Å²) in [4.78, 5) is 10.8. The maximum absolute atomic E-state index is 10.7. The van der Waals surface area contributed by atoms with Gasteiger partial charge < -0.3 is 5.11 Å². The van der Waals surface area contributed by atoms with Crippen molar-refractivity contribution in [1.29, 1.82) is 0 Å². The van der Waals surface area contributed by atoms with Crippen LogP contribution in [0.25, 0.3) is 0 Å². The van der Waals surface area contributed by atoms with Crippen molar-refractivity contribution in [3.8, 4) is 0 Å². The summed E-state index contributed by atoms with van der Waals surface area (Å²) in [6.07, 6.45) is 3.15. The predicted molar refractivity (Wildman–Crippen MR) is 54.9 cm³/mol. The lowest BCUT2D eigenvalue weighted by Gasteiger charge is -2.27. The van der Waals surface area contributed by atoms with Gasteiger partial charge >= 0.3 is 5.97 Å². The second kappa shape index (κ2) is 4.33. The van der Waals surface area contributed by atoms with Crippen molar-refractivity contribution in [2.75, 3.05) is 5.75 Å². The Morgan fingerprint density at radius 3 is 2.77 bits per heavy atom. The molecule has 0 aromatic rings. The Morgan fingerprint density at radius 2 is 2.38 bits per heavy atom. The number of hydrogen-bond donors (Lipinski definition) is 2. The summed E-state index contributed by atoms with van der Waals surface area (Å²) in [7, 11) is 0. The number of nitrogens with one attached hydrogen (secondary N) is 1. The highest BCUT2D eigenvalue weighted by Gasteiger charge is 2.39. The molecule has 1 heterocycles. The first-order valence-corrected chi connectivity index (χ1v) is 5.76. The maximum atomic E-state index is 10.7. The van der Waals surface area contributed by atoms with Crippen LogP contribution in [0.4, 0.5) is 0 Å². The molecule has 2 atom stereocenters. The molecule has 1 aliphatic heterocycles. The van der Waals surface area contributed by atoms with Crippen LogP contribution in [0, 0.1) is 0 Å². The fourth-order valence-electron chi connectivity index (χ4n) is 1.71. The Labute approximate surface area is 83.3 Å². The molecule has 0 radical (unpaired) electrons. The highest BCUT2D eigenvalue weighted by Crippen LogP contribution is 2.37. The SMILES string of the molecule is CCCC1(CC)NC(C(=O)O)CS1. The highest BCUT2D eigenvalue weighted by atomic mass is 32.2.